The number of likely N-dealkylation sites (tertiary alicyclic amines) is 1. The average molecular weight is 340 g/mol. The summed E-state index contributed by atoms with van der Waals surface area (Å²) in [6.45, 7) is 5.77. The molecule has 20 heavy (non-hydrogen) atoms. The Morgan fingerprint density at radius 1 is 1.55 bits per heavy atom. The average Bonchev–Trinajstić information content (AvgIpc) is 2.46. The van der Waals surface area contributed by atoms with Gasteiger partial charge in [0.25, 0.3) is 0 Å². The molecule has 0 radical (unpaired) electrons. The molecule has 0 bridgehead atoms. The zero-order chi connectivity index (χ0) is 14.8. The van der Waals surface area contributed by atoms with Gasteiger partial charge in [-0.25, -0.2) is 0 Å². The number of carboxylic acids is 1. The number of carboxylic acid groups (broad SMARTS) is 1. The smallest absolute Gasteiger partial charge is 0.310 e. The second kappa shape index (κ2) is 6.27. The van der Waals surface area contributed by atoms with Crippen LogP contribution in [-0.2, 0) is 4.79 Å². The fourth-order valence-corrected chi connectivity index (χ4v) is 3.51. The summed E-state index contributed by atoms with van der Waals surface area (Å²) in [5.41, 5.74) is 0.662. The maximum Gasteiger partial charge on any atom is 0.310 e. The maximum atomic E-state index is 11.6. The van der Waals surface area contributed by atoms with E-state index < -0.39 is 11.4 Å². The second-order valence-electron chi connectivity index (χ2n) is 5.74. The monoisotopic (exact) mass is 339 g/mol. The third-order valence-corrected chi connectivity index (χ3v) is 5.11. The Balaban J connectivity index is 2.18. The predicted molar refractivity (Wildman–Crippen MR) is 83.7 cm³/mol. The van der Waals surface area contributed by atoms with E-state index in [2.05, 4.69) is 39.9 Å². The van der Waals surface area contributed by atoms with E-state index in [1.54, 1.807) is 0 Å². The molecule has 1 saturated heterocycles. The van der Waals surface area contributed by atoms with Gasteiger partial charge in [0.2, 0.25) is 0 Å². The molecule has 0 aliphatic carbocycles. The minimum Gasteiger partial charge on any atom is -0.481 e. The number of piperidine rings is 1. The fourth-order valence-electron chi connectivity index (χ4n) is 3.09. The summed E-state index contributed by atoms with van der Waals surface area (Å²) in [7, 11) is 0. The van der Waals surface area contributed by atoms with Gasteiger partial charge in [0, 0.05) is 17.1 Å². The van der Waals surface area contributed by atoms with Gasteiger partial charge < -0.3 is 5.11 Å². The van der Waals surface area contributed by atoms with Gasteiger partial charge in [-0.3, -0.25) is 9.69 Å². The molecule has 1 heterocycles. The molecule has 2 rings (SSSR count). The van der Waals surface area contributed by atoms with E-state index in [0.717, 1.165) is 23.9 Å². The van der Waals surface area contributed by atoms with Crippen molar-refractivity contribution in [1.82, 2.24) is 4.90 Å². The van der Waals surface area contributed by atoms with Crippen LogP contribution >= 0.6 is 15.9 Å². The van der Waals surface area contributed by atoms with E-state index in [1.165, 1.54) is 5.56 Å². The van der Waals surface area contributed by atoms with Crippen molar-refractivity contribution in [1.29, 1.82) is 0 Å². The lowest BCUT2D eigenvalue weighted by Crippen LogP contribution is -2.48. The summed E-state index contributed by atoms with van der Waals surface area (Å²) in [4.78, 5) is 13.9. The van der Waals surface area contributed by atoms with Crippen molar-refractivity contribution in [3.8, 4) is 0 Å². The van der Waals surface area contributed by atoms with Gasteiger partial charge in [0.1, 0.15) is 0 Å². The lowest BCUT2D eigenvalue weighted by molar-refractivity contribution is -0.153. The van der Waals surface area contributed by atoms with Crippen LogP contribution in [0.2, 0.25) is 0 Å². The van der Waals surface area contributed by atoms with Crippen molar-refractivity contribution in [2.24, 2.45) is 5.41 Å². The molecule has 4 heteroatoms. The van der Waals surface area contributed by atoms with Crippen LogP contribution in [0, 0.1) is 5.41 Å². The minimum absolute atomic E-state index is 0.248. The highest BCUT2D eigenvalue weighted by Crippen LogP contribution is 2.37. The summed E-state index contributed by atoms with van der Waals surface area (Å²) < 4.78 is 1.07. The molecule has 1 aliphatic rings. The Morgan fingerprint density at radius 2 is 2.30 bits per heavy atom. The molecule has 0 amide bonds. The van der Waals surface area contributed by atoms with Gasteiger partial charge in [-0.05, 0) is 50.4 Å². The SMILES string of the molecule is CCC1(C(=O)O)CCCN(C(C)c2cccc(Br)c2)C1. The summed E-state index contributed by atoms with van der Waals surface area (Å²) in [6, 6.07) is 8.52. The quantitative estimate of drug-likeness (QED) is 0.898. The highest BCUT2D eigenvalue weighted by molar-refractivity contribution is 9.10. The summed E-state index contributed by atoms with van der Waals surface area (Å²) in [5.74, 6) is -0.647. The van der Waals surface area contributed by atoms with E-state index in [-0.39, 0.29) is 6.04 Å². The second-order valence-corrected chi connectivity index (χ2v) is 6.66. The number of halogens is 1. The first-order valence-electron chi connectivity index (χ1n) is 7.21. The zero-order valence-corrected chi connectivity index (χ0v) is 13.7. The molecule has 1 N–H and O–H groups in total. The molecule has 1 aromatic rings. The largest absolute Gasteiger partial charge is 0.481 e. The van der Waals surface area contributed by atoms with Gasteiger partial charge in [-0.2, -0.15) is 0 Å². The summed E-state index contributed by atoms with van der Waals surface area (Å²) >= 11 is 3.50. The van der Waals surface area contributed by atoms with Crippen LogP contribution in [0.15, 0.2) is 28.7 Å². The van der Waals surface area contributed by atoms with Crippen molar-refractivity contribution in [3.05, 3.63) is 34.3 Å². The van der Waals surface area contributed by atoms with Crippen LogP contribution in [0.5, 0.6) is 0 Å². The fraction of sp³-hybridized carbons (Fsp3) is 0.562. The van der Waals surface area contributed by atoms with Gasteiger partial charge in [0.05, 0.1) is 5.41 Å². The van der Waals surface area contributed by atoms with Gasteiger partial charge in [-0.1, -0.05) is 35.0 Å². The molecule has 0 spiro atoms. The molecule has 0 aromatic heterocycles. The van der Waals surface area contributed by atoms with E-state index in [0.29, 0.717) is 13.0 Å². The lowest BCUT2D eigenvalue weighted by Gasteiger charge is -2.42. The van der Waals surface area contributed by atoms with E-state index >= 15 is 0 Å². The van der Waals surface area contributed by atoms with Gasteiger partial charge in [-0.15, -0.1) is 0 Å². The highest BCUT2D eigenvalue weighted by Gasteiger charge is 2.41. The van der Waals surface area contributed by atoms with E-state index in [9.17, 15) is 9.90 Å². The molecular weight excluding hydrogens is 318 g/mol. The van der Waals surface area contributed by atoms with Crippen LogP contribution in [0.25, 0.3) is 0 Å². The number of hydrogen-bond acceptors (Lipinski definition) is 2. The van der Waals surface area contributed by atoms with Crippen LogP contribution in [0.3, 0.4) is 0 Å². The van der Waals surface area contributed by atoms with Gasteiger partial charge >= 0.3 is 5.97 Å². The third-order valence-electron chi connectivity index (χ3n) is 4.62. The van der Waals surface area contributed by atoms with Crippen LogP contribution in [0.1, 0.15) is 44.7 Å². The molecular formula is C16H22BrNO2. The Hall–Kier alpha value is -0.870. The number of benzene rings is 1. The topological polar surface area (TPSA) is 40.5 Å². The summed E-state index contributed by atoms with van der Waals surface area (Å²) in [6.07, 6.45) is 2.45. The van der Waals surface area contributed by atoms with Crippen molar-refractivity contribution in [3.63, 3.8) is 0 Å². The molecule has 1 aliphatic heterocycles. The summed E-state index contributed by atoms with van der Waals surface area (Å²) in [5, 5.41) is 9.57. The number of rotatable bonds is 4. The third kappa shape index (κ3) is 3.07. The normalized spacial score (nSPS) is 25.4. The molecule has 3 nitrogen and oxygen atoms in total. The predicted octanol–water partition coefficient (Wildman–Crippen LogP) is 4.09. The number of aliphatic carboxylic acids is 1. The first-order chi connectivity index (χ1) is 9.48. The number of hydrogen-bond donors (Lipinski definition) is 1. The van der Waals surface area contributed by atoms with Crippen LogP contribution in [0.4, 0.5) is 0 Å². The maximum absolute atomic E-state index is 11.6. The van der Waals surface area contributed by atoms with E-state index in [4.69, 9.17) is 0 Å². The first-order valence-corrected chi connectivity index (χ1v) is 8.01. The van der Waals surface area contributed by atoms with Crippen molar-refractivity contribution in [2.75, 3.05) is 13.1 Å². The minimum atomic E-state index is -0.647. The number of nitrogens with zero attached hydrogens (tertiary/aromatic N) is 1. The Bertz CT molecular complexity index is 491. The first kappa shape index (κ1) is 15.5. The lowest BCUT2D eigenvalue weighted by atomic mass is 9.77. The highest BCUT2D eigenvalue weighted by atomic mass is 79.9. The van der Waals surface area contributed by atoms with Gasteiger partial charge in [0.15, 0.2) is 0 Å². The molecule has 110 valence electrons. The Labute approximate surface area is 129 Å². The Kier molecular flexibility index (Phi) is 4.86. The van der Waals surface area contributed by atoms with Crippen LogP contribution in [-0.4, -0.2) is 29.1 Å². The van der Waals surface area contributed by atoms with Crippen molar-refractivity contribution >= 4 is 21.9 Å². The molecule has 2 unspecified atom stereocenters. The molecule has 1 fully saturated rings. The standard InChI is InChI=1S/C16H22BrNO2/c1-3-16(15(19)20)8-5-9-18(11-16)12(2)13-6-4-7-14(17)10-13/h4,6-7,10,12H,3,5,8-9,11H2,1-2H3,(H,19,20). The van der Waals surface area contributed by atoms with Crippen LogP contribution < -0.4 is 0 Å². The van der Waals surface area contributed by atoms with Crippen molar-refractivity contribution in [2.45, 2.75) is 39.2 Å². The van der Waals surface area contributed by atoms with E-state index in [1.807, 2.05) is 19.1 Å². The number of carbonyl (C=O) groups is 1. The molecule has 1 aromatic carbocycles. The molecule has 2 atom stereocenters. The zero-order valence-electron chi connectivity index (χ0n) is 12.1. The Morgan fingerprint density at radius 3 is 2.90 bits per heavy atom. The van der Waals surface area contributed by atoms with Crippen molar-refractivity contribution < 1.29 is 9.90 Å². The molecule has 0 saturated carbocycles.